The summed E-state index contributed by atoms with van der Waals surface area (Å²) in [6.45, 7) is 6.08. The van der Waals surface area contributed by atoms with Crippen LogP contribution in [0, 0.1) is 0 Å². The number of hydrogen-bond acceptors (Lipinski definition) is 3. The van der Waals surface area contributed by atoms with Crippen molar-refractivity contribution >= 4 is 46.5 Å². The molecule has 1 fully saturated rings. The highest BCUT2D eigenvalue weighted by Crippen LogP contribution is 2.18. The van der Waals surface area contributed by atoms with E-state index in [9.17, 15) is 4.79 Å². The maximum atomic E-state index is 12.3. The largest absolute Gasteiger partial charge is 0.300 e. The Balaban J connectivity index is 0.00000169. The minimum atomic E-state index is 0. The molecule has 0 N–H and O–H groups in total. The lowest BCUT2D eigenvalue weighted by Crippen LogP contribution is -2.46. The molecule has 3 rings (SSSR count). The van der Waals surface area contributed by atoms with Crippen molar-refractivity contribution in [2.45, 2.75) is 13.0 Å². The smallest absolute Gasteiger partial charge is 0.165 e. The van der Waals surface area contributed by atoms with Gasteiger partial charge in [0.1, 0.15) is 0 Å². The Morgan fingerprint density at radius 1 is 0.846 bits per heavy atom. The van der Waals surface area contributed by atoms with E-state index in [1.807, 2.05) is 24.3 Å². The van der Waals surface area contributed by atoms with Crippen molar-refractivity contribution in [3.05, 3.63) is 70.2 Å². The van der Waals surface area contributed by atoms with Crippen LogP contribution in [0.25, 0.3) is 0 Å². The van der Waals surface area contributed by atoms with Gasteiger partial charge in [0.15, 0.2) is 5.78 Å². The maximum Gasteiger partial charge on any atom is 0.165 e. The fourth-order valence-electron chi connectivity index (χ4n) is 3.09. The number of piperazine rings is 1. The van der Waals surface area contributed by atoms with Gasteiger partial charge in [0.05, 0.1) is 0 Å². The number of hydrogen-bond donors (Lipinski definition) is 0. The van der Waals surface area contributed by atoms with Crippen molar-refractivity contribution in [2.75, 3.05) is 32.7 Å². The van der Waals surface area contributed by atoms with Crippen molar-refractivity contribution in [2.24, 2.45) is 0 Å². The summed E-state index contributed by atoms with van der Waals surface area (Å²) < 4.78 is 0.891. The summed E-state index contributed by atoms with van der Waals surface area (Å²) in [5, 5.41) is 0. The van der Waals surface area contributed by atoms with Gasteiger partial charge in [-0.25, -0.2) is 0 Å². The Bertz CT molecular complexity index is 677. The Labute approximate surface area is 176 Å². The summed E-state index contributed by atoms with van der Waals surface area (Å²) in [6, 6.07) is 18.3. The third-order valence-corrected chi connectivity index (χ3v) is 5.23. The van der Waals surface area contributed by atoms with Crippen LogP contribution in [0.2, 0.25) is 0 Å². The average Bonchev–Trinajstić information content (AvgIpc) is 2.62. The van der Waals surface area contributed by atoms with Crippen LogP contribution in [-0.4, -0.2) is 48.3 Å². The predicted octanol–water partition coefficient (Wildman–Crippen LogP) is 4.68. The molecular weight excluding hydrogens is 435 g/mol. The molecule has 2 aromatic carbocycles. The summed E-state index contributed by atoms with van der Waals surface area (Å²) in [5.41, 5.74) is 2.16. The number of benzene rings is 2. The highest BCUT2D eigenvalue weighted by atomic mass is 79.9. The number of carbonyl (C=O) groups is 1. The number of carbonyl (C=O) groups excluding carboxylic acids is 1. The Hall–Kier alpha value is -0.910. The summed E-state index contributed by atoms with van der Waals surface area (Å²) in [6.07, 6.45) is 0.585. The van der Waals surface area contributed by atoms with E-state index in [1.165, 1.54) is 5.56 Å². The standard InChI is InChI=1S/C20H23BrN2O.2ClH/c21-19-9-5-4-8-18(19)20(24)10-11-22-12-14-23(15-13-22)16-17-6-2-1-3-7-17;;/h1-9H,10-16H2;2*1H. The molecule has 1 aliphatic rings. The predicted molar refractivity (Wildman–Crippen MR) is 116 cm³/mol. The van der Waals surface area contributed by atoms with Gasteiger partial charge in [-0.15, -0.1) is 24.8 Å². The average molecular weight is 460 g/mol. The minimum Gasteiger partial charge on any atom is -0.300 e. The normalized spacial score (nSPS) is 15.0. The van der Waals surface area contributed by atoms with E-state index < -0.39 is 0 Å². The van der Waals surface area contributed by atoms with Crippen molar-refractivity contribution in [1.29, 1.82) is 0 Å². The molecule has 1 heterocycles. The molecule has 3 nitrogen and oxygen atoms in total. The first-order chi connectivity index (χ1) is 11.7. The Kier molecular flexibility index (Phi) is 10.4. The van der Waals surface area contributed by atoms with Gasteiger partial charge in [0.25, 0.3) is 0 Å². The zero-order chi connectivity index (χ0) is 16.8. The quantitative estimate of drug-likeness (QED) is 0.585. The van der Waals surface area contributed by atoms with E-state index in [2.05, 4.69) is 56.1 Å². The van der Waals surface area contributed by atoms with Gasteiger partial charge in [-0.05, 0) is 11.6 Å². The Morgan fingerprint density at radius 2 is 1.42 bits per heavy atom. The number of rotatable bonds is 6. The van der Waals surface area contributed by atoms with Gasteiger partial charge in [-0.3, -0.25) is 9.69 Å². The van der Waals surface area contributed by atoms with Crippen molar-refractivity contribution in [3.8, 4) is 0 Å². The first-order valence-corrected chi connectivity index (χ1v) is 9.28. The first-order valence-electron chi connectivity index (χ1n) is 8.49. The van der Waals surface area contributed by atoms with Gasteiger partial charge < -0.3 is 4.90 Å². The van der Waals surface area contributed by atoms with Crippen molar-refractivity contribution in [1.82, 2.24) is 9.80 Å². The van der Waals surface area contributed by atoms with E-state index >= 15 is 0 Å². The van der Waals surface area contributed by atoms with Crippen LogP contribution in [0.15, 0.2) is 59.1 Å². The van der Waals surface area contributed by atoms with E-state index in [0.717, 1.165) is 49.3 Å². The third-order valence-electron chi connectivity index (χ3n) is 4.54. The molecule has 0 spiro atoms. The molecule has 0 radical (unpaired) electrons. The van der Waals surface area contributed by atoms with Crippen LogP contribution < -0.4 is 0 Å². The van der Waals surface area contributed by atoms with Gasteiger partial charge in [-0.1, -0.05) is 64.5 Å². The van der Waals surface area contributed by atoms with Crippen LogP contribution in [-0.2, 0) is 6.54 Å². The first kappa shape index (κ1) is 23.1. The molecule has 0 saturated carbocycles. The molecular formula is C20H25BrCl2N2O. The van der Waals surface area contributed by atoms with Gasteiger partial charge in [-0.2, -0.15) is 0 Å². The second-order valence-electron chi connectivity index (χ2n) is 6.26. The number of ketones is 1. The second-order valence-corrected chi connectivity index (χ2v) is 7.11. The van der Waals surface area contributed by atoms with Crippen molar-refractivity contribution in [3.63, 3.8) is 0 Å². The lowest BCUT2D eigenvalue weighted by atomic mass is 10.1. The monoisotopic (exact) mass is 458 g/mol. The van der Waals surface area contributed by atoms with Gasteiger partial charge in [0.2, 0.25) is 0 Å². The van der Waals surface area contributed by atoms with E-state index in [1.54, 1.807) is 0 Å². The molecule has 0 amide bonds. The van der Waals surface area contributed by atoms with Gasteiger partial charge in [0, 0.05) is 55.7 Å². The Morgan fingerprint density at radius 3 is 2.08 bits per heavy atom. The molecule has 26 heavy (non-hydrogen) atoms. The van der Waals surface area contributed by atoms with Crippen LogP contribution in [0.1, 0.15) is 22.3 Å². The molecule has 0 bridgehead atoms. The molecule has 2 aromatic rings. The maximum absolute atomic E-state index is 12.3. The van der Waals surface area contributed by atoms with Crippen LogP contribution >= 0.6 is 40.7 Å². The van der Waals surface area contributed by atoms with E-state index in [-0.39, 0.29) is 30.6 Å². The molecule has 1 aliphatic heterocycles. The van der Waals surface area contributed by atoms with Gasteiger partial charge >= 0.3 is 0 Å². The molecule has 0 aliphatic carbocycles. The fourth-order valence-corrected chi connectivity index (χ4v) is 3.60. The highest BCUT2D eigenvalue weighted by Gasteiger charge is 2.18. The zero-order valence-electron chi connectivity index (χ0n) is 14.6. The molecule has 1 saturated heterocycles. The fraction of sp³-hybridized carbons (Fsp3) is 0.350. The van der Waals surface area contributed by atoms with Crippen LogP contribution in [0.4, 0.5) is 0 Å². The van der Waals surface area contributed by atoms with E-state index in [4.69, 9.17) is 0 Å². The van der Waals surface area contributed by atoms with E-state index in [0.29, 0.717) is 6.42 Å². The van der Waals surface area contributed by atoms with Crippen LogP contribution in [0.5, 0.6) is 0 Å². The number of nitrogens with zero attached hydrogens (tertiary/aromatic N) is 2. The topological polar surface area (TPSA) is 23.6 Å². The molecule has 6 heteroatoms. The number of halogens is 3. The lowest BCUT2D eigenvalue weighted by Gasteiger charge is -2.34. The zero-order valence-corrected chi connectivity index (χ0v) is 17.9. The SMILES string of the molecule is Cl.Cl.O=C(CCN1CCN(Cc2ccccc2)CC1)c1ccccc1Br. The summed E-state index contributed by atoms with van der Waals surface area (Å²) in [7, 11) is 0. The van der Waals surface area contributed by atoms with Crippen molar-refractivity contribution < 1.29 is 4.79 Å². The molecule has 0 atom stereocenters. The number of Topliss-reactive ketones (excluding diaryl/α,β-unsaturated/α-hetero) is 1. The summed E-state index contributed by atoms with van der Waals surface area (Å²) in [4.78, 5) is 17.2. The minimum absolute atomic E-state index is 0. The lowest BCUT2D eigenvalue weighted by molar-refractivity contribution is 0.0922. The summed E-state index contributed by atoms with van der Waals surface area (Å²) in [5.74, 6) is 0.217. The highest BCUT2D eigenvalue weighted by molar-refractivity contribution is 9.10. The second kappa shape index (κ2) is 11.7. The third kappa shape index (κ3) is 6.67. The van der Waals surface area contributed by atoms with Crippen LogP contribution in [0.3, 0.4) is 0 Å². The molecule has 142 valence electrons. The molecule has 0 unspecified atom stereocenters. The summed E-state index contributed by atoms with van der Waals surface area (Å²) >= 11 is 3.46. The molecule has 0 aromatic heterocycles.